The maximum atomic E-state index is 14.0. The second-order valence-corrected chi connectivity index (χ2v) is 10.2. The van der Waals surface area contributed by atoms with E-state index in [1.54, 1.807) is 35.5 Å². The molecule has 0 aliphatic carbocycles. The molecule has 1 amide bonds. The first kappa shape index (κ1) is 28.4. The van der Waals surface area contributed by atoms with Gasteiger partial charge in [0.05, 0.1) is 59.4 Å². The molecule has 218 valence electrons. The van der Waals surface area contributed by atoms with Gasteiger partial charge in [0.1, 0.15) is 5.75 Å². The Kier molecular flexibility index (Phi) is 8.73. The van der Waals surface area contributed by atoms with Crippen LogP contribution in [0.5, 0.6) is 28.7 Å². The minimum atomic E-state index is -0.266. The van der Waals surface area contributed by atoms with Crippen LogP contribution in [0.25, 0.3) is 0 Å². The number of para-hydroxylation sites is 2. The molecule has 9 nitrogen and oxygen atoms in total. The highest BCUT2D eigenvalue weighted by atomic mass is 16.5. The van der Waals surface area contributed by atoms with Gasteiger partial charge in [-0.25, -0.2) is 0 Å². The Hall–Kier alpha value is -4.11. The Labute approximate surface area is 242 Å². The van der Waals surface area contributed by atoms with Crippen molar-refractivity contribution in [3.05, 3.63) is 65.7 Å². The van der Waals surface area contributed by atoms with Gasteiger partial charge in [0.15, 0.2) is 23.0 Å². The molecule has 0 aromatic heterocycles. The Balaban J connectivity index is 1.32. The van der Waals surface area contributed by atoms with E-state index in [4.69, 9.17) is 23.7 Å². The summed E-state index contributed by atoms with van der Waals surface area (Å²) >= 11 is 0. The first-order valence-corrected chi connectivity index (χ1v) is 13.9. The maximum Gasteiger partial charge on any atom is 0.234 e. The number of benzene rings is 3. The normalized spacial score (nSPS) is 16.9. The molecule has 0 radical (unpaired) electrons. The molecular weight excluding hydrogens is 522 g/mol. The van der Waals surface area contributed by atoms with Gasteiger partial charge in [0.25, 0.3) is 0 Å². The van der Waals surface area contributed by atoms with Crippen molar-refractivity contribution in [3.8, 4) is 28.7 Å². The van der Waals surface area contributed by atoms with Gasteiger partial charge in [-0.15, -0.1) is 0 Å². The van der Waals surface area contributed by atoms with Crippen molar-refractivity contribution in [1.29, 1.82) is 0 Å². The largest absolute Gasteiger partial charge is 0.495 e. The molecule has 5 rings (SSSR count). The number of ether oxygens (including phenoxy) is 5. The van der Waals surface area contributed by atoms with Crippen molar-refractivity contribution >= 4 is 17.3 Å². The van der Waals surface area contributed by atoms with E-state index in [-0.39, 0.29) is 11.8 Å². The summed E-state index contributed by atoms with van der Waals surface area (Å²) in [4.78, 5) is 20.6. The van der Waals surface area contributed by atoms with Crippen molar-refractivity contribution in [2.45, 2.75) is 18.9 Å². The fraction of sp³-hybridized carbons (Fsp3) is 0.406. The molecule has 0 spiro atoms. The van der Waals surface area contributed by atoms with Crippen LogP contribution >= 0.6 is 0 Å². The van der Waals surface area contributed by atoms with E-state index in [9.17, 15) is 4.79 Å². The number of amides is 1. The molecule has 2 aliphatic rings. The Bertz CT molecular complexity index is 1370. The summed E-state index contributed by atoms with van der Waals surface area (Å²) in [5.74, 6) is 3.22. The monoisotopic (exact) mass is 561 g/mol. The van der Waals surface area contributed by atoms with E-state index in [2.05, 4.69) is 15.9 Å². The van der Waals surface area contributed by atoms with E-state index < -0.39 is 0 Å². The number of hydrogen-bond acceptors (Lipinski definition) is 8. The zero-order valence-electron chi connectivity index (χ0n) is 24.5. The Morgan fingerprint density at radius 2 is 1.32 bits per heavy atom. The minimum Gasteiger partial charge on any atom is -0.495 e. The van der Waals surface area contributed by atoms with Crippen LogP contribution in [0.4, 0.5) is 11.4 Å². The average Bonchev–Trinajstić information content (AvgIpc) is 3.28. The van der Waals surface area contributed by atoms with Gasteiger partial charge in [-0.05, 0) is 54.4 Å². The molecule has 41 heavy (non-hydrogen) atoms. The molecular formula is C32H39N3O6. The number of carbonyl (C=O) groups excluding carboxylic acids is 1. The summed E-state index contributed by atoms with van der Waals surface area (Å²) < 4.78 is 27.7. The lowest BCUT2D eigenvalue weighted by Crippen LogP contribution is -2.47. The number of hydrogen-bond donors (Lipinski definition) is 0. The number of anilines is 2. The van der Waals surface area contributed by atoms with Crippen LogP contribution in [-0.4, -0.2) is 79.1 Å². The Morgan fingerprint density at radius 3 is 2.00 bits per heavy atom. The van der Waals surface area contributed by atoms with E-state index in [1.807, 2.05) is 53.4 Å². The topological polar surface area (TPSA) is 72.9 Å². The number of fused-ring (bicyclic) bond motifs is 1. The fourth-order valence-electron chi connectivity index (χ4n) is 5.86. The minimum absolute atomic E-state index is 0.0812. The molecule has 1 atom stereocenters. The molecule has 1 unspecified atom stereocenters. The highest BCUT2D eigenvalue weighted by Crippen LogP contribution is 2.46. The molecule has 9 heteroatoms. The van der Waals surface area contributed by atoms with Crippen molar-refractivity contribution in [1.82, 2.24) is 4.90 Å². The quantitative estimate of drug-likeness (QED) is 0.337. The van der Waals surface area contributed by atoms with Crippen LogP contribution in [0.15, 0.2) is 54.6 Å². The molecule has 1 saturated heterocycles. The van der Waals surface area contributed by atoms with E-state index in [1.165, 1.54) is 0 Å². The third-order valence-electron chi connectivity index (χ3n) is 8.08. The summed E-state index contributed by atoms with van der Waals surface area (Å²) in [6.45, 7) is 4.90. The molecule has 0 saturated carbocycles. The van der Waals surface area contributed by atoms with Gasteiger partial charge in [-0.3, -0.25) is 9.69 Å². The highest BCUT2D eigenvalue weighted by Gasteiger charge is 2.39. The first-order chi connectivity index (χ1) is 20.0. The lowest BCUT2D eigenvalue weighted by Gasteiger charge is -2.37. The van der Waals surface area contributed by atoms with Crippen molar-refractivity contribution in [2.75, 3.05) is 78.1 Å². The Morgan fingerprint density at radius 1 is 0.683 bits per heavy atom. The van der Waals surface area contributed by atoms with E-state index in [0.717, 1.165) is 67.4 Å². The first-order valence-electron chi connectivity index (χ1n) is 13.9. The van der Waals surface area contributed by atoms with E-state index in [0.29, 0.717) is 29.5 Å². The zero-order valence-corrected chi connectivity index (χ0v) is 24.5. The molecule has 2 heterocycles. The van der Waals surface area contributed by atoms with Crippen molar-refractivity contribution in [3.63, 3.8) is 0 Å². The number of carbonyl (C=O) groups is 1. The maximum absolute atomic E-state index is 14.0. The van der Waals surface area contributed by atoms with Gasteiger partial charge in [-0.2, -0.15) is 0 Å². The van der Waals surface area contributed by atoms with Gasteiger partial charge in [-0.1, -0.05) is 18.2 Å². The summed E-state index contributed by atoms with van der Waals surface area (Å²) in [6.07, 6.45) is 0.721. The predicted octanol–water partition coefficient (Wildman–Crippen LogP) is 4.57. The summed E-state index contributed by atoms with van der Waals surface area (Å²) in [5, 5.41) is 0. The van der Waals surface area contributed by atoms with Gasteiger partial charge in [0.2, 0.25) is 5.91 Å². The van der Waals surface area contributed by atoms with Crippen LogP contribution in [0, 0.1) is 0 Å². The molecule has 2 aliphatic heterocycles. The van der Waals surface area contributed by atoms with Crippen LogP contribution in [-0.2, 0) is 11.3 Å². The molecule has 0 bridgehead atoms. The summed E-state index contributed by atoms with van der Waals surface area (Å²) in [5.41, 5.74) is 3.90. The SMILES string of the molecule is COc1ccc(CN2C(=O)C(CCN3CCN(c4ccccc4OC)CC3)c3cc(OC)c(OC)cc32)cc1OC. The highest BCUT2D eigenvalue weighted by molar-refractivity contribution is 6.05. The molecule has 1 fully saturated rings. The van der Waals surface area contributed by atoms with E-state index >= 15 is 0 Å². The van der Waals surface area contributed by atoms with Crippen LogP contribution in [0.3, 0.4) is 0 Å². The summed E-state index contributed by atoms with van der Waals surface area (Å²) in [7, 11) is 8.17. The van der Waals surface area contributed by atoms with Crippen LogP contribution < -0.4 is 33.5 Å². The lowest BCUT2D eigenvalue weighted by atomic mass is 9.96. The number of rotatable bonds is 11. The number of nitrogens with zero attached hydrogens (tertiary/aromatic N) is 3. The zero-order chi connectivity index (χ0) is 28.9. The smallest absolute Gasteiger partial charge is 0.234 e. The second-order valence-electron chi connectivity index (χ2n) is 10.2. The molecule has 3 aromatic rings. The molecule has 3 aromatic carbocycles. The number of methoxy groups -OCH3 is 5. The number of piperazine rings is 1. The summed E-state index contributed by atoms with van der Waals surface area (Å²) in [6, 6.07) is 17.8. The van der Waals surface area contributed by atoms with Crippen molar-refractivity contribution < 1.29 is 28.5 Å². The second kappa shape index (κ2) is 12.6. The predicted molar refractivity (Wildman–Crippen MR) is 159 cm³/mol. The third kappa shape index (κ3) is 5.72. The average molecular weight is 562 g/mol. The van der Waals surface area contributed by atoms with Gasteiger partial charge < -0.3 is 33.5 Å². The van der Waals surface area contributed by atoms with Crippen LogP contribution in [0.2, 0.25) is 0 Å². The van der Waals surface area contributed by atoms with Crippen LogP contribution in [0.1, 0.15) is 23.5 Å². The molecule has 0 N–H and O–H groups in total. The third-order valence-corrected chi connectivity index (χ3v) is 8.08. The lowest BCUT2D eigenvalue weighted by molar-refractivity contribution is -0.119. The van der Waals surface area contributed by atoms with Gasteiger partial charge >= 0.3 is 0 Å². The fourth-order valence-corrected chi connectivity index (χ4v) is 5.86. The van der Waals surface area contributed by atoms with Gasteiger partial charge in [0, 0.05) is 32.2 Å². The standard InChI is InChI=1S/C32H39N3O6/c1-37-27-9-7-6-8-25(27)34-16-14-33(15-17-34)13-12-23-24-19-30(40-4)31(41-5)20-26(24)35(32(23)36)21-22-10-11-28(38-2)29(18-22)39-3/h6-11,18-20,23H,12-17,21H2,1-5H3. The van der Waals surface area contributed by atoms with Crippen molar-refractivity contribution in [2.24, 2.45) is 0 Å².